The highest BCUT2D eigenvalue weighted by atomic mass is 32.2. The molecule has 1 aromatic rings. The molecule has 1 aliphatic heterocycles. The maximum Gasteiger partial charge on any atom is 0.256 e. The van der Waals surface area contributed by atoms with Crippen LogP contribution in [-0.2, 0) is 9.84 Å². The number of hydrogen-bond donors (Lipinski definition) is 0. The third-order valence-corrected chi connectivity index (χ3v) is 4.91. The van der Waals surface area contributed by atoms with Crippen molar-refractivity contribution in [1.82, 2.24) is 4.90 Å². The van der Waals surface area contributed by atoms with E-state index in [4.69, 9.17) is 0 Å². The number of rotatable bonds is 1. The van der Waals surface area contributed by atoms with Crippen molar-refractivity contribution in [2.24, 2.45) is 0 Å². The van der Waals surface area contributed by atoms with Gasteiger partial charge in [-0.1, -0.05) is 6.07 Å². The Hall–Kier alpha value is -1.43. The second-order valence-electron chi connectivity index (χ2n) is 4.78. The van der Waals surface area contributed by atoms with E-state index in [0.29, 0.717) is 13.0 Å². The first-order chi connectivity index (χ1) is 8.89. The molecule has 0 saturated carbocycles. The van der Waals surface area contributed by atoms with Gasteiger partial charge in [-0.2, -0.15) is 0 Å². The van der Waals surface area contributed by atoms with Gasteiger partial charge in [-0.05, 0) is 31.0 Å². The lowest BCUT2D eigenvalue weighted by molar-refractivity contribution is 0.0764. The normalized spacial score (nSPS) is 18.9. The third kappa shape index (κ3) is 3.32. The summed E-state index contributed by atoms with van der Waals surface area (Å²) >= 11 is 0. The van der Waals surface area contributed by atoms with Crippen LogP contribution in [0.15, 0.2) is 18.2 Å². The summed E-state index contributed by atoms with van der Waals surface area (Å²) in [4.78, 5) is 13.6. The van der Waals surface area contributed by atoms with Crippen molar-refractivity contribution in [2.75, 3.05) is 24.6 Å². The van der Waals surface area contributed by atoms with Crippen LogP contribution in [0, 0.1) is 12.7 Å². The molecule has 2 rings (SSSR count). The highest BCUT2D eigenvalue weighted by Gasteiger charge is 2.24. The number of sulfone groups is 1. The lowest BCUT2D eigenvalue weighted by atomic mass is 10.1. The summed E-state index contributed by atoms with van der Waals surface area (Å²) in [6, 6.07) is 4.43. The summed E-state index contributed by atoms with van der Waals surface area (Å²) in [5, 5.41) is 0. The molecule has 1 aliphatic rings. The lowest BCUT2D eigenvalue weighted by Crippen LogP contribution is -2.34. The standard InChI is InChI=1S/C13H16FNO3S/c1-10-3-4-11(12(14)9-10)13(16)15-5-2-7-19(17,18)8-6-15/h3-4,9H,2,5-8H2,1H3. The van der Waals surface area contributed by atoms with Crippen molar-refractivity contribution in [3.63, 3.8) is 0 Å². The average molecular weight is 285 g/mol. The van der Waals surface area contributed by atoms with E-state index >= 15 is 0 Å². The summed E-state index contributed by atoms with van der Waals surface area (Å²) in [5.74, 6) is -0.953. The van der Waals surface area contributed by atoms with Gasteiger partial charge in [0.05, 0.1) is 17.1 Å². The van der Waals surface area contributed by atoms with Crippen molar-refractivity contribution in [3.05, 3.63) is 35.1 Å². The summed E-state index contributed by atoms with van der Waals surface area (Å²) in [6.07, 6.45) is 0.404. The molecule has 6 heteroatoms. The maximum atomic E-state index is 13.7. The number of benzene rings is 1. The van der Waals surface area contributed by atoms with E-state index < -0.39 is 21.6 Å². The summed E-state index contributed by atoms with van der Waals surface area (Å²) < 4.78 is 36.7. The number of aryl methyl sites for hydroxylation is 1. The average Bonchev–Trinajstić information content (AvgIpc) is 2.49. The Morgan fingerprint density at radius 3 is 2.68 bits per heavy atom. The predicted molar refractivity (Wildman–Crippen MR) is 70.3 cm³/mol. The first kappa shape index (κ1) is 14.0. The minimum Gasteiger partial charge on any atom is -0.338 e. The van der Waals surface area contributed by atoms with Crippen LogP contribution in [0.4, 0.5) is 4.39 Å². The molecule has 0 atom stereocenters. The van der Waals surface area contributed by atoms with Crippen molar-refractivity contribution in [3.8, 4) is 0 Å². The minimum absolute atomic E-state index is 0.00454. The Kier molecular flexibility index (Phi) is 3.89. The molecular formula is C13H16FNO3S. The Morgan fingerprint density at radius 2 is 2.00 bits per heavy atom. The highest BCUT2D eigenvalue weighted by Crippen LogP contribution is 2.14. The molecule has 0 aromatic heterocycles. The molecule has 19 heavy (non-hydrogen) atoms. The third-order valence-electron chi connectivity index (χ3n) is 3.20. The zero-order chi connectivity index (χ0) is 14.0. The van der Waals surface area contributed by atoms with Gasteiger partial charge >= 0.3 is 0 Å². The molecule has 0 radical (unpaired) electrons. The van der Waals surface area contributed by atoms with E-state index in [0.717, 1.165) is 5.56 Å². The number of nitrogens with zero attached hydrogens (tertiary/aromatic N) is 1. The summed E-state index contributed by atoms with van der Waals surface area (Å²) in [5.41, 5.74) is 0.748. The van der Waals surface area contributed by atoms with Crippen LogP contribution in [-0.4, -0.2) is 43.8 Å². The van der Waals surface area contributed by atoms with Gasteiger partial charge in [0.25, 0.3) is 5.91 Å². The monoisotopic (exact) mass is 285 g/mol. The van der Waals surface area contributed by atoms with Crippen LogP contribution >= 0.6 is 0 Å². The SMILES string of the molecule is Cc1ccc(C(=O)N2CCCS(=O)(=O)CC2)c(F)c1. The van der Waals surface area contributed by atoms with E-state index in [1.807, 2.05) is 0 Å². The molecule has 1 fully saturated rings. The van der Waals surface area contributed by atoms with Crippen LogP contribution in [0.3, 0.4) is 0 Å². The van der Waals surface area contributed by atoms with Crippen LogP contribution in [0.5, 0.6) is 0 Å². The molecule has 4 nitrogen and oxygen atoms in total. The maximum absolute atomic E-state index is 13.7. The van der Waals surface area contributed by atoms with Crippen molar-refractivity contribution >= 4 is 15.7 Å². The Morgan fingerprint density at radius 1 is 1.26 bits per heavy atom. The molecule has 1 aromatic carbocycles. The van der Waals surface area contributed by atoms with Gasteiger partial charge in [0.2, 0.25) is 0 Å². The van der Waals surface area contributed by atoms with Crippen molar-refractivity contribution in [1.29, 1.82) is 0 Å². The molecule has 0 bridgehead atoms. The molecule has 0 spiro atoms. The Balaban J connectivity index is 2.20. The molecule has 1 heterocycles. The minimum atomic E-state index is -3.07. The van der Waals surface area contributed by atoms with E-state index in [1.165, 1.54) is 17.0 Å². The number of amides is 1. The van der Waals surface area contributed by atoms with Gasteiger partial charge in [-0.15, -0.1) is 0 Å². The second-order valence-corrected chi connectivity index (χ2v) is 7.08. The topological polar surface area (TPSA) is 54.5 Å². The van der Waals surface area contributed by atoms with Gasteiger partial charge in [0.1, 0.15) is 5.82 Å². The fraction of sp³-hybridized carbons (Fsp3) is 0.462. The molecule has 1 amide bonds. The van der Waals surface area contributed by atoms with Gasteiger partial charge < -0.3 is 4.90 Å². The quantitative estimate of drug-likeness (QED) is 0.783. The highest BCUT2D eigenvalue weighted by molar-refractivity contribution is 7.91. The van der Waals surface area contributed by atoms with Crippen LogP contribution in [0.1, 0.15) is 22.3 Å². The van der Waals surface area contributed by atoms with E-state index in [2.05, 4.69) is 0 Å². The first-order valence-electron chi connectivity index (χ1n) is 6.15. The Bertz CT molecular complexity index is 598. The van der Waals surface area contributed by atoms with E-state index in [-0.39, 0.29) is 23.6 Å². The number of carbonyl (C=O) groups excluding carboxylic acids is 1. The molecule has 0 aliphatic carbocycles. The number of carbonyl (C=O) groups is 1. The Labute approximate surface area is 112 Å². The molecule has 104 valence electrons. The fourth-order valence-electron chi connectivity index (χ4n) is 2.11. The number of halogens is 1. The zero-order valence-electron chi connectivity index (χ0n) is 10.7. The predicted octanol–water partition coefficient (Wildman–Crippen LogP) is 1.39. The zero-order valence-corrected chi connectivity index (χ0v) is 11.5. The fourth-order valence-corrected chi connectivity index (χ4v) is 3.38. The van der Waals surface area contributed by atoms with E-state index in [9.17, 15) is 17.6 Å². The van der Waals surface area contributed by atoms with Crippen molar-refractivity contribution < 1.29 is 17.6 Å². The summed E-state index contributed by atoms with van der Waals surface area (Å²) in [6.45, 7) is 2.23. The lowest BCUT2D eigenvalue weighted by Gasteiger charge is -2.20. The van der Waals surface area contributed by atoms with Crippen molar-refractivity contribution in [2.45, 2.75) is 13.3 Å². The first-order valence-corrected chi connectivity index (χ1v) is 7.97. The molecule has 0 N–H and O–H groups in total. The van der Waals surface area contributed by atoms with Gasteiger partial charge in [0.15, 0.2) is 9.84 Å². The van der Waals surface area contributed by atoms with Gasteiger partial charge in [-0.25, -0.2) is 12.8 Å². The van der Waals surface area contributed by atoms with Gasteiger partial charge in [-0.3, -0.25) is 4.79 Å². The molecule has 1 saturated heterocycles. The second kappa shape index (κ2) is 5.28. The smallest absolute Gasteiger partial charge is 0.256 e. The summed E-state index contributed by atoms with van der Waals surface area (Å²) in [7, 11) is -3.07. The molecular weight excluding hydrogens is 269 g/mol. The van der Waals surface area contributed by atoms with E-state index in [1.54, 1.807) is 13.0 Å². The number of hydrogen-bond acceptors (Lipinski definition) is 3. The largest absolute Gasteiger partial charge is 0.338 e. The van der Waals surface area contributed by atoms with Gasteiger partial charge in [0, 0.05) is 13.1 Å². The molecule has 0 unspecified atom stereocenters. The van der Waals surface area contributed by atoms with Crippen LogP contribution in [0.25, 0.3) is 0 Å². The van der Waals surface area contributed by atoms with Crippen LogP contribution in [0.2, 0.25) is 0 Å². The van der Waals surface area contributed by atoms with Crippen LogP contribution < -0.4 is 0 Å².